The third-order valence-corrected chi connectivity index (χ3v) is 9.21. The first kappa shape index (κ1) is 22.5. The second kappa shape index (κ2) is 8.67. The Kier molecular flexibility index (Phi) is 6.29. The van der Waals surface area contributed by atoms with Crippen molar-refractivity contribution in [3.05, 3.63) is 56.8 Å². The second-order valence-electron chi connectivity index (χ2n) is 7.59. The molecule has 1 fully saturated rings. The van der Waals surface area contributed by atoms with Crippen LogP contribution >= 0.6 is 34.5 Å². The number of sulfonamides is 1. The Labute approximate surface area is 194 Å². The van der Waals surface area contributed by atoms with E-state index in [2.05, 4.69) is 4.99 Å². The summed E-state index contributed by atoms with van der Waals surface area (Å²) in [7, 11) is -1.84. The van der Waals surface area contributed by atoms with Crippen LogP contribution in [0.3, 0.4) is 0 Å². The summed E-state index contributed by atoms with van der Waals surface area (Å²) in [6.45, 7) is 2.47. The lowest BCUT2D eigenvalue weighted by molar-refractivity contribution is -0.122. The number of hydrogen-bond acceptors (Lipinski definition) is 4. The van der Waals surface area contributed by atoms with Gasteiger partial charge in [-0.15, -0.1) is 0 Å². The zero-order valence-electron chi connectivity index (χ0n) is 17.0. The van der Waals surface area contributed by atoms with Gasteiger partial charge in [-0.25, -0.2) is 8.42 Å². The number of rotatable bonds is 3. The molecule has 6 nitrogen and oxygen atoms in total. The quantitative estimate of drug-likeness (QED) is 0.538. The Morgan fingerprint density at radius 1 is 1.16 bits per heavy atom. The summed E-state index contributed by atoms with van der Waals surface area (Å²) >= 11 is 13.6. The maximum atomic E-state index is 13.0. The number of amides is 1. The fraction of sp³-hybridized carbons (Fsp3) is 0.333. The van der Waals surface area contributed by atoms with Gasteiger partial charge in [0.15, 0.2) is 4.80 Å². The Hall–Kier alpha value is -1.71. The lowest BCUT2D eigenvalue weighted by Crippen LogP contribution is -2.42. The molecule has 3 aromatic rings. The van der Waals surface area contributed by atoms with Crippen LogP contribution in [0.15, 0.2) is 46.3 Å². The van der Waals surface area contributed by atoms with Gasteiger partial charge >= 0.3 is 0 Å². The molecule has 1 unspecified atom stereocenters. The number of aromatic nitrogens is 1. The molecule has 1 aliphatic heterocycles. The van der Waals surface area contributed by atoms with E-state index in [9.17, 15) is 13.2 Å². The summed E-state index contributed by atoms with van der Waals surface area (Å²) < 4.78 is 30.1. The summed E-state index contributed by atoms with van der Waals surface area (Å²) in [6.07, 6.45) is 1.20. The standard InChI is InChI=1S/C21H21Cl2N3O3S2/c1-13-5-10-17(23)19-18(13)25(2)21(30-19)24-20(27)14-4-3-11-26(12-14)31(28,29)16-8-6-15(22)7-9-16/h5-10,14H,3-4,11-12H2,1-2H3. The predicted molar refractivity (Wildman–Crippen MR) is 124 cm³/mol. The number of carbonyl (C=O) groups is 1. The van der Waals surface area contributed by atoms with Crippen molar-refractivity contribution in [1.29, 1.82) is 0 Å². The van der Waals surface area contributed by atoms with Crippen LogP contribution in [0, 0.1) is 12.8 Å². The van der Waals surface area contributed by atoms with Gasteiger partial charge in [0.25, 0.3) is 5.91 Å². The molecule has 31 heavy (non-hydrogen) atoms. The Morgan fingerprint density at radius 2 is 1.87 bits per heavy atom. The minimum Gasteiger partial charge on any atom is -0.319 e. The van der Waals surface area contributed by atoms with Gasteiger partial charge in [-0.05, 0) is 55.7 Å². The first-order valence-electron chi connectivity index (χ1n) is 9.77. The third-order valence-electron chi connectivity index (χ3n) is 5.49. The SMILES string of the molecule is Cc1ccc(Cl)c2sc(=NC(=O)C3CCCN(S(=O)(=O)c4ccc(Cl)cc4)C3)n(C)c12. The van der Waals surface area contributed by atoms with Gasteiger partial charge in [-0.3, -0.25) is 4.79 Å². The molecule has 2 aromatic carbocycles. The molecule has 1 amide bonds. The molecule has 2 heterocycles. The van der Waals surface area contributed by atoms with Crippen LogP contribution in [0.4, 0.5) is 0 Å². The molecular formula is C21H21Cl2N3O3S2. The number of carbonyl (C=O) groups excluding carboxylic acids is 1. The maximum absolute atomic E-state index is 13.0. The van der Waals surface area contributed by atoms with Crippen molar-refractivity contribution in [1.82, 2.24) is 8.87 Å². The largest absolute Gasteiger partial charge is 0.319 e. The normalized spacial score (nSPS) is 18.6. The number of nitrogens with zero attached hydrogens (tertiary/aromatic N) is 3. The molecule has 0 spiro atoms. The highest BCUT2D eigenvalue weighted by molar-refractivity contribution is 7.89. The van der Waals surface area contributed by atoms with Crippen molar-refractivity contribution in [2.45, 2.75) is 24.7 Å². The van der Waals surface area contributed by atoms with Gasteiger partial charge in [0.1, 0.15) is 0 Å². The highest BCUT2D eigenvalue weighted by Crippen LogP contribution is 2.29. The van der Waals surface area contributed by atoms with Crippen LogP contribution < -0.4 is 4.80 Å². The molecule has 0 aliphatic carbocycles. The van der Waals surface area contributed by atoms with Crippen molar-refractivity contribution in [2.24, 2.45) is 18.0 Å². The van der Waals surface area contributed by atoms with E-state index >= 15 is 0 Å². The fourth-order valence-corrected chi connectivity index (χ4v) is 6.84. The van der Waals surface area contributed by atoms with Gasteiger partial charge in [0, 0.05) is 25.2 Å². The average Bonchev–Trinajstić information content (AvgIpc) is 3.08. The van der Waals surface area contributed by atoms with E-state index in [1.54, 1.807) is 12.1 Å². The fourth-order valence-electron chi connectivity index (χ4n) is 3.82. The second-order valence-corrected chi connectivity index (χ2v) is 11.4. The van der Waals surface area contributed by atoms with Crippen LogP contribution in [-0.2, 0) is 21.9 Å². The first-order valence-corrected chi connectivity index (χ1v) is 12.8. The van der Waals surface area contributed by atoms with E-state index in [1.165, 1.54) is 27.8 Å². The van der Waals surface area contributed by atoms with Crippen LogP contribution in [-0.4, -0.2) is 36.3 Å². The van der Waals surface area contributed by atoms with Gasteiger partial charge in [0.2, 0.25) is 10.0 Å². The molecular weight excluding hydrogens is 477 g/mol. The monoisotopic (exact) mass is 497 g/mol. The van der Waals surface area contributed by atoms with Gasteiger partial charge < -0.3 is 4.57 Å². The molecule has 1 saturated heterocycles. The van der Waals surface area contributed by atoms with E-state index < -0.39 is 15.9 Å². The number of fused-ring (bicyclic) bond motifs is 1. The molecule has 10 heteroatoms. The van der Waals surface area contributed by atoms with Crippen molar-refractivity contribution in [2.75, 3.05) is 13.1 Å². The Bertz CT molecular complexity index is 1330. The number of hydrogen-bond donors (Lipinski definition) is 0. The van der Waals surface area contributed by atoms with Crippen molar-refractivity contribution < 1.29 is 13.2 Å². The lowest BCUT2D eigenvalue weighted by atomic mass is 9.99. The van der Waals surface area contributed by atoms with Gasteiger partial charge in [-0.2, -0.15) is 9.30 Å². The molecule has 4 rings (SSSR count). The van der Waals surface area contributed by atoms with Gasteiger partial charge in [0.05, 0.1) is 26.1 Å². The molecule has 164 valence electrons. The van der Waals surface area contributed by atoms with E-state index in [4.69, 9.17) is 23.2 Å². The third kappa shape index (κ3) is 4.32. The van der Waals surface area contributed by atoms with Crippen molar-refractivity contribution in [3.63, 3.8) is 0 Å². The summed E-state index contributed by atoms with van der Waals surface area (Å²) in [4.78, 5) is 18.0. The van der Waals surface area contributed by atoms with Crippen molar-refractivity contribution >= 4 is 60.7 Å². The molecule has 1 aliphatic rings. The summed E-state index contributed by atoms with van der Waals surface area (Å²) in [5.41, 5.74) is 1.99. The molecule has 0 saturated carbocycles. The number of halogens is 2. The van der Waals surface area contributed by atoms with Crippen LogP contribution in [0.1, 0.15) is 18.4 Å². The number of aryl methyl sites for hydroxylation is 2. The number of thiazole rings is 1. The Morgan fingerprint density at radius 3 is 2.55 bits per heavy atom. The van der Waals surface area contributed by atoms with Gasteiger partial charge in [-0.1, -0.05) is 40.6 Å². The summed E-state index contributed by atoms with van der Waals surface area (Å²) in [6, 6.07) is 9.83. The average molecular weight is 498 g/mol. The Balaban J connectivity index is 1.62. The minimum absolute atomic E-state index is 0.113. The van der Waals surface area contributed by atoms with Crippen LogP contribution in [0.2, 0.25) is 10.0 Å². The van der Waals surface area contributed by atoms with E-state index in [0.717, 1.165) is 15.8 Å². The predicted octanol–water partition coefficient (Wildman–Crippen LogP) is 4.38. The zero-order chi connectivity index (χ0) is 22.3. The first-order chi connectivity index (χ1) is 14.7. The van der Waals surface area contributed by atoms with Crippen molar-refractivity contribution in [3.8, 4) is 0 Å². The lowest BCUT2D eigenvalue weighted by Gasteiger charge is -2.30. The highest BCUT2D eigenvalue weighted by Gasteiger charge is 2.33. The highest BCUT2D eigenvalue weighted by atomic mass is 35.5. The zero-order valence-corrected chi connectivity index (χ0v) is 20.2. The molecule has 1 aromatic heterocycles. The number of benzene rings is 2. The molecule has 0 N–H and O–H groups in total. The molecule has 0 bridgehead atoms. The van der Waals surface area contributed by atoms with Crippen LogP contribution in [0.25, 0.3) is 10.2 Å². The van der Waals surface area contributed by atoms with Crippen LogP contribution in [0.5, 0.6) is 0 Å². The number of piperidine rings is 1. The van der Waals surface area contributed by atoms with E-state index in [1.807, 2.05) is 30.7 Å². The smallest absolute Gasteiger partial charge is 0.252 e. The van der Waals surface area contributed by atoms with E-state index in [0.29, 0.717) is 34.2 Å². The summed E-state index contributed by atoms with van der Waals surface area (Å²) in [5.74, 6) is -0.801. The summed E-state index contributed by atoms with van der Waals surface area (Å²) in [5, 5.41) is 1.09. The maximum Gasteiger partial charge on any atom is 0.252 e. The molecule has 0 radical (unpaired) electrons. The van der Waals surface area contributed by atoms with E-state index in [-0.39, 0.29) is 17.3 Å². The minimum atomic E-state index is -3.70. The topological polar surface area (TPSA) is 71.7 Å². The molecule has 1 atom stereocenters.